The van der Waals surface area contributed by atoms with Crippen LogP contribution in [0, 0.1) is 0 Å². The topological polar surface area (TPSA) is 0 Å². The van der Waals surface area contributed by atoms with E-state index in [2.05, 4.69) is 45.8 Å². The summed E-state index contributed by atoms with van der Waals surface area (Å²) in [7, 11) is 0. The van der Waals surface area contributed by atoms with Crippen LogP contribution >= 0.6 is 11.8 Å². The highest BCUT2D eigenvalue weighted by molar-refractivity contribution is 8.02. The molecule has 0 aromatic rings. The van der Waals surface area contributed by atoms with Crippen molar-refractivity contribution in [2.45, 2.75) is 33.6 Å². The van der Waals surface area contributed by atoms with E-state index in [4.69, 9.17) is 0 Å². The first kappa shape index (κ1) is 14.3. The molecule has 0 heterocycles. The van der Waals surface area contributed by atoms with Gasteiger partial charge in [-0.25, -0.2) is 0 Å². The summed E-state index contributed by atoms with van der Waals surface area (Å²) in [5.41, 5.74) is 2.86. The smallest absolute Gasteiger partial charge is 0.00690 e. The molecular weight excluding hydrogens is 200 g/mol. The predicted octanol–water partition coefficient (Wildman–Crippen LogP) is 5.11. The molecule has 0 saturated heterocycles. The lowest BCUT2D eigenvalue weighted by Gasteiger charge is -2.02. The molecule has 15 heavy (non-hydrogen) atoms. The fourth-order valence-electron chi connectivity index (χ4n) is 1.23. The van der Waals surface area contributed by atoms with Crippen molar-refractivity contribution in [1.29, 1.82) is 0 Å². The van der Waals surface area contributed by atoms with Crippen LogP contribution in [0.2, 0.25) is 0 Å². The van der Waals surface area contributed by atoms with Crippen molar-refractivity contribution in [1.82, 2.24) is 0 Å². The zero-order chi connectivity index (χ0) is 11.7. The van der Waals surface area contributed by atoms with E-state index in [0.29, 0.717) is 0 Å². The molecule has 0 spiro atoms. The molecule has 0 unspecified atom stereocenters. The fourth-order valence-corrected chi connectivity index (χ4v) is 1.67. The maximum absolute atomic E-state index is 3.70. The first-order valence-corrected chi connectivity index (χ1v) is 6.59. The summed E-state index contributed by atoms with van der Waals surface area (Å²) < 4.78 is 0. The van der Waals surface area contributed by atoms with Gasteiger partial charge >= 0.3 is 0 Å². The Labute approximate surface area is 98.8 Å². The van der Waals surface area contributed by atoms with Gasteiger partial charge < -0.3 is 0 Å². The lowest BCUT2D eigenvalue weighted by molar-refractivity contribution is 0.895. The van der Waals surface area contributed by atoms with E-state index < -0.39 is 0 Å². The molecule has 0 aromatic heterocycles. The summed E-state index contributed by atoms with van der Waals surface area (Å²) in [6.07, 6.45) is 12.7. The van der Waals surface area contributed by atoms with Gasteiger partial charge in [0, 0.05) is 4.91 Å². The van der Waals surface area contributed by atoms with Gasteiger partial charge in [0.2, 0.25) is 0 Å². The van der Waals surface area contributed by atoms with E-state index in [1.54, 1.807) is 11.8 Å². The van der Waals surface area contributed by atoms with E-state index in [-0.39, 0.29) is 0 Å². The Balaban J connectivity index is 4.56. The van der Waals surface area contributed by atoms with Gasteiger partial charge in [-0.2, -0.15) is 0 Å². The first-order chi connectivity index (χ1) is 7.15. The summed E-state index contributed by atoms with van der Waals surface area (Å²) >= 11 is 1.74. The molecule has 0 fully saturated rings. The van der Waals surface area contributed by atoms with Crippen molar-refractivity contribution in [3.63, 3.8) is 0 Å². The highest BCUT2D eigenvalue weighted by Crippen LogP contribution is 2.16. The van der Waals surface area contributed by atoms with Crippen LogP contribution in [0.4, 0.5) is 0 Å². The van der Waals surface area contributed by atoms with Crippen LogP contribution < -0.4 is 0 Å². The van der Waals surface area contributed by atoms with Crippen molar-refractivity contribution in [3.05, 3.63) is 46.9 Å². The summed E-state index contributed by atoms with van der Waals surface area (Å²) in [5.74, 6) is 0. The number of hydrogen-bond acceptors (Lipinski definition) is 1. The molecule has 0 saturated carbocycles. The summed E-state index contributed by atoms with van der Waals surface area (Å²) in [6.45, 7) is 10.3. The summed E-state index contributed by atoms with van der Waals surface area (Å²) in [4.78, 5) is 1.24. The zero-order valence-corrected chi connectivity index (χ0v) is 11.2. The second kappa shape index (κ2) is 8.60. The average Bonchev–Trinajstić information content (AvgIpc) is 2.24. The van der Waals surface area contributed by atoms with E-state index in [1.165, 1.54) is 28.9 Å². The van der Waals surface area contributed by atoms with Crippen LogP contribution in [0.25, 0.3) is 0 Å². The molecule has 0 nitrogen and oxygen atoms in total. The van der Waals surface area contributed by atoms with Crippen LogP contribution in [0.15, 0.2) is 46.9 Å². The maximum atomic E-state index is 3.70. The molecule has 0 aliphatic rings. The monoisotopic (exact) mass is 222 g/mol. The van der Waals surface area contributed by atoms with Gasteiger partial charge in [0.1, 0.15) is 0 Å². The van der Waals surface area contributed by atoms with E-state index in [1.807, 2.05) is 12.2 Å². The van der Waals surface area contributed by atoms with Gasteiger partial charge in [-0.3, -0.25) is 0 Å². The standard InChI is InChI=1S/C14H22S/c1-6-8-12(3)13(4)10-11-14(15-5)9-7-2/h7,9-11H,2,6,8H2,1,3-5H3/b11-10+,13-12-,14-9-. The molecule has 0 N–H and O–H groups in total. The van der Waals surface area contributed by atoms with Gasteiger partial charge in [-0.1, -0.05) is 43.2 Å². The number of allylic oxidation sites excluding steroid dienone is 6. The molecule has 0 radical (unpaired) electrons. The third kappa shape index (κ3) is 6.40. The zero-order valence-electron chi connectivity index (χ0n) is 10.3. The van der Waals surface area contributed by atoms with Crippen LogP contribution in [0.5, 0.6) is 0 Å². The summed E-state index contributed by atoms with van der Waals surface area (Å²) in [6, 6.07) is 0. The van der Waals surface area contributed by atoms with Gasteiger partial charge in [0.05, 0.1) is 0 Å². The van der Waals surface area contributed by atoms with Crippen LogP contribution in [0.3, 0.4) is 0 Å². The van der Waals surface area contributed by atoms with Crippen LogP contribution in [-0.2, 0) is 0 Å². The van der Waals surface area contributed by atoms with Crippen LogP contribution in [0.1, 0.15) is 33.6 Å². The van der Waals surface area contributed by atoms with Crippen molar-refractivity contribution < 1.29 is 0 Å². The molecule has 0 bridgehead atoms. The van der Waals surface area contributed by atoms with Crippen molar-refractivity contribution in [3.8, 4) is 0 Å². The lowest BCUT2D eigenvalue weighted by atomic mass is 10.1. The lowest BCUT2D eigenvalue weighted by Crippen LogP contribution is -1.81. The Hall–Kier alpha value is -0.690. The quantitative estimate of drug-likeness (QED) is 0.563. The minimum Gasteiger partial charge on any atom is -0.130 e. The molecule has 1 heteroatoms. The van der Waals surface area contributed by atoms with Crippen molar-refractivity contribution >= 4 is 11.8 Å². The highest BCUT2D eigenvalue weighted by Gasteiger charge is 1.92. The third-order valence-corrected chi connectivity index (χ3v) is 3.06. The maximum Gasteiger partial charge on any atom is 0.00690 e. The van der Waals surface area contributed by atoms with Crippen LogP contribution in [-0.4, -0.2) is 6.26 Å². The molecular formula is C14H22S. The van der Waals surface area contributed by atoms with Gasteiger partial charge in [-0.15, -0.1) is 11.8 Å². The predicted molar refractivity (Wildman–Crippen MR) is 74.2 cm³/mol. The van der Waals surface area contributed by atoms with E-state index >= 15 is 0 Å². The van der Waals surface area contributed by atoms with E-state index in [0.717, 1.165) is 0 Å². The van der Waals surface area contributed by atoms with Crippen molar-refractivity contribution in [2.24, 2.45) is 0 Å². The second-order valence-corrected chi connectivity index (χ2v) is 4.44. The minimum absolute atomic E-state index is 1.19. The molecule has 0 aromatic carbocycles. The molecule has 84 valence electrons. The number of rotatable bonds is 6. The Kier molecular flexibility index (Phi) is 8.21. The van der Waals surface area contributed by atoms with Gasteiger partial charge in [0.15, 0.2) is 0 Å². The molecule has 0 atom stereocenters. The molecule has 0 aliphatic carbocycles. The fraction of sp³-hybridized carbons (Fsp3) is 0.429. The average molecular weight is 222 g/mol. The Morgan fingerprint density at radius 3 is 2.40 bits per heavy atom. The van der Waals surface area contributed by atoms with Crippen molar-refractivity contribution in [2.75, 3.05) is 6.26 Å². The number of hydrogen-bond donors (Lipinski definition) is 0. The molecule has 0 aliphatic heterocycles. The number of thioether (sulfide) groups is 1. The normalized spacial score (nSPS) is 14.3. The SMILES string of the molecule is C=C/C=C(/C=C/C(C)=C(/C)CCC)SC. The molecule has 0 amide bonds. The highest BCUT2D eigenvalue weighted by atomic mass is 32.2. The molecule has 0 rings (SSSR count). The Bertz CT molecular complexity index is 280. The third-order valence-electron chi connectivity index (χ3n) is 2.31. The van der Waals surface area contributed by atoms with E-state index in [9.17, 15) is 0 Å². The summed E-state index contributed by atoms with van der Waals surface area (Å²) in [5, 5.41) is 0. The minimum atomic E-state index is 1.19. The Morgan fingerprint density at radius 2 is 1.93 bits per heavy atom. The Morgan fingerprint density at radius 1 is 1.27 bits per heavy atom. The first-order valence-electron chi connectivity index (χ1n) is 5.36. The largest absolute Gasteiger partial charge is 0.130 e. The van der Waals surface area contributed by atoms with Gasteiger partial charge in [0.25, 0.3) is 0 Å². The second-order valence-electron chi connectivity index (χ2n) is 3.56. The van der Waals surface area contributed by atoms with Gasteiger partial charge in [-0.05, 0) is 38.7 Å².